The Bertz CT molecular complexity index is 846. The van der Waals surface area contributed by atoms with Gasteiger partial charge in [0.25, 0.3) is 5.91 Å². The Morgan fingerprint density at radius 3 is 2.76 bits per heavy atom. The summed E-state index contributed by atoms with van der Waals surface area (Å²) in [5.74, 6) is -0.282. The number of benzene rings is 1. The number of nitrogens with zero attached hydrogens (tertiary/aromatic N) is 2. The van der Waals surface area contributed by atoms with Crippen LogP contribution in [0.2, 0.25) is 0 Å². The third-order valence-corrected chi connectivity index (χ3v) is 5.21. The molecule has 1 fully saturated rings. The molecule has 2 heterocycles. The van der Waals surface area contributed by atoms with Gasteiger partial charge in [-0.25, -0.2) is 4.39 Å². The van der Waals surface area contributed by atoms with Crippen molar-refractivity contribution in [1.29, 1.82) is 0 Å². The van der Waals surface area contributed by atoms with Crippen molar-refractivity contribution in [2.24, 2.45) is 0 Å². The molecule has 0 bridgehead atoms. The van der Waals surface area contributed by atoms with Crippen LogP contribution < -0.4 is 14.9 Å². The second-order valence-electron chi connectivity index (χ2n) is 7.46. The molecule has 1 aromatic carbocycles. The minimum absolute atomic E-state index is 0.0146. The molecule has 0 aliphatic carbocycles. The normalized spacial score (nSPS) is 17.0. The van der Waals surface area contributed by atoms with Crippen LogP contribution in [0.1, 0.15) is 37.2 Å². The van der Waals surface area contributed by atoms with Gasteiger partial charge in [-0.3, -0.25) is 4.79 Å². The SMILES string of the molecule is COCCOc1c(C(=O)N(C(C)C)[C@@H]2CCCNC2)n(OC)c2ccc(F)cc12. The summed E-state index contributed by atoms with van der Waals surface area (Å²) in [5, 5.41) is 3.86. The molecule has 2 aromatic rings. The van der Waals surface area contributed by atoms with E-state index in [-0.39, 0.29) is 30.3 Å². The average Bonchev–Trinajstić information content (AvgIpc) is 3.01. The van der Waals surface area contributed by atoms with Crippen molar-refractivity contribution < 1.29 is 23.5 Å². The number of aromatic nitrogens is 1. The number of methoxy groups -OCH3 is 1. The number of ether oxygens (including phenoxy) is 2. The number of hydrogen-bond donors (Lipinski definition) is 1. The van der Waals surface area contributed by atoms with Crippen LogP contribution in [0.25, 0.3) is 10.9 Å². The van der Waals surface area contributed by atoms with Gasteiger partial charge >= 0.3 is 0 Å². The number of fused-ring (bicyclic) bond motifs is 1. The van der Waals surface area contributed by atoms with Crippen molar-refractivity contribution in [3.05, 3.63) is 29.7 Å². The van der Waals surface area contributed by atoms with E-state index in [0.29, 0.717) is 23.3 Å². The van der Waals surface area contributed by atoms with Gasteiger partial charge in [-0.1, -0.05) is 0 Å². The first-order valence-electron chi connectivity index (χ1n) is 10.0. The van der Waals surface area contributed by atoms with Gasteiger partial charge in [0.05, 0.1) is 12.1 Å². The van der Waals surface area contributed by atoms with Crippen molar-refractivity contribution in [2.45, 2.75) is 38.8 Å². The highest BCUT2D eigenvalue weighted by Gasteiger charge is 2.34. The van der Waals surface area contributed by atoms with Crippen LogP contribution in [-0.4, -0.2) is 68.1 Å². The second-order valence-corrected chi connectivity index (χ2v) is 7.46. The maximum Gasteiger partial charge on any atom is 0.278 e. The molecule has 0 unspecified atom stereocenters. The first kappa shape index (κ1) is 21.4. The third-order valence-electron chi connectivity index (χ3n) is 5.21. The lowest BCUT2D eigenvalue weighted by molar-refractivity contribution is 0.0519. The summed E-state index contributed by atoms with van der Waals surface area (Å²) in [6, 6.07) is 4.36. The number of halogens is 1. The predicted molar refractivity (Wildman–Crippen MR) is 109 cm³/mol. The molecule has 160 valence electrons. The maximum atomic E-state index is 14.0. The third kappa shape index (κ3) is 4.33. The lowest BCUT2D eigenvalue weighted by Crippen LogP contribution is -2.52. The van der Waals surface area contributed by atoms with Crippen molar-refractivity contribution >= 4 is 16.8 Å². The fourth-order valence-electron chi connectivity index (χ4n) is 3.97. The summed E-state index contributed by atoms with van der Waals surface area (Å²) in [5.41, 5.74) is 0.846. The Balaban J connectivity index is 2.11. The van der Waals surface area contributed by atoms with E-state index in [4.69, 9.17) is 14.3 Å². The van der Waals surface area contributed by atoms with Crippen LogP contribution in [0.4, 0.5) is 4.39 Å². The number of carbonyl (C=O) groups is 1. The molecule has 7 nitrogen and oxygen atoms in total. The largest absolute Gasteiger partial charge is 0.488 e. The number of piperidine rings is 1. The molecule has 1 amide bonds. The minimum Gasteiger partial charge on any atom is -0.488 e. The number of rotatable bonds is 8. The fourth-order valence-corrected chi connectivity index (χ4v) is 3.97. The first-order valence-corrected chi connectivity index (χ1v) is 10.0. The van der Waals surface area contributed by atoms with E-state index in [1.165, 1.54) is 24.0 Å². The molecule has 1 N–H and O–H groups in total. The van der Waals surface area contributed by atoms with Gasteiger partial charge in [0.2, 0.25) is 0 Å². The molecule has 8 heteroatoms. The highest BCUT2D eigenvalue weighted by atomic mass is 19.1. The van der Waals surface area contributed by atoms with E-state index in [2.05, 4.69) is 5.32 Å². The van der Waals surface area contributed by atoms with Crippen LogP contribution in [0.5, 0.6) is 5.75 Å². The van der Waals surface area contributed by atoms with Crippen LogP contribution in [0.15, 0.2) is 18.2 Å². The molecule has 1 aliphatic rings. The molecule has 0 radical (unpaired) electrons. The molecule has 1 saturated heterocycles. The predicted octanol–water partition coefficient (Wildman–Crippen LogP) is 2.47. The second kappa shape index (κ2) is 9.45. The summed E-state index contributed by atoms with van der Waals surface area (Å²) >= 11 is 0. The van der Waals surface area contributed by atoms with E-state index < -0.39 is 5.82 Å². The Hall–Kier alpha value is -2.32. The molecule has 0 spiro atoms. The van der Waals surface area contributed by atoms with Crippen LogP contribution in [0, 0.1) is 5.82 Å². The Morgan fingerprint density at radius 1 is 1.34 bits per heavy atom. The van der Waals surface area contributed by atoms with Crippen molar-refractivity contribution in [1.82, 2.24) is 14.9 Å². The Labute approximate surface area is 170 Å². The van der Waals surface area contributed by atoms with Gasteiger partial charge in [-0.15, -0.1) is 0 Å². The molecular weight excluding hydrogens is 377 g/mol. The van der Waals surface area contributed by atoms with Crippen LogP contribution >= 0.6 is 0 Å². The van der Waals surface area contributed by atoms with Gasteiger partial charge in [-0.2, -0.15) is 4.73 Å². The lowest BCUT2D eigenvalue weighted by Gasteiger charge is -2.37. The van der Waals surface area contributed by atoms with Crippen LogP contribution in [0.3, 0.4) is 0 Å². The molecule has 29 heavy (non-hydrogen) atoms. The quantitative estimate of drug-likeness (QED) is 0.681. The first-order chi connectivity index (χ1) is 14.0. The van der Waals surface area contributed by atoms with Gasteiger partial charge in [0, 0.05) is 31.1 Å². The number of carbonyl (C=O) groups excluding carboxylic acids is 1. The molecule has 1 atom stereocenters. The van der Waals surface area contributed by atoms with Crippen LogP contribution in [-0.2, 0) is 4.74 Å². The molecule has 0 saturated carbocycles. The van der Waals surface area contributed by atoms with E-state index in [9.17, 15) is 9.18 Å². The summed E-state index contributed by atoms with van der Waals surface area (Å²) < 4.78 is 26.4. The van der Waals surface area contributed by atoms with E-state index in [1.807, 2.05) is 18.7 Å². The summed E-state index contributed by atoms with van der Waals surface area (Å²) in [6.45, 7) is 6.28. The van der Waals surface area contributed by atoms with Crippen molar-refractivity contribution in [3.8, 4) is 5.75 Å². The number of nitrogens with one attached hydrogen (secondary N) is 1. The van der Waals surface area contributed by atoms with E-state index in [1.54, 1.807) is 13.2 Å². The monoisotopic (exact) mass is 407 g/mol. The van der Waals surface area contributed by atoms with Crippen molar-refractivity contribution in [2.75, 3.05) is 40.5 Å². The molecular formula is C21H30FN3O4. The zero-order chi connectivity index (χ0) is 21.0. The lowest BCUT2D eigenvalue weighted by atomic mass is 10.0. The van der Waals surface area contributed by atoms with E-state index >= 15 is 0 Å². The summed E-state index contributed by atoms with van der Waals surface area (Å²) in [6.07, 6.45) is 1.94. The summed E-state index contributed by atoms with van der Waals surface area (Å²) in [4.78, 5) is 21.2. The van der Waals surface area contributed by atoms with E-state index in [0.717, 1.165) is 25.9 Å². The smallest absolute Gasteiger partial charge is 0.278 e. The van der Waals surface area contributed by atoms with Crippen molar-refractivity contribution in [3.63, 3.8) is 0 Å². The average molecular weight is 407 g/mol. The zero-order valence-corrected chi connectivity index (χ0v) is 17.5. The van der Waals surface area contributed by atoms with Gasteiger partial charge in [-0.05, 0) is 51.4 Å². The summed E-state index contributed by atoms with van der Waals surface area (Å²) in [7, 11) is 3.06. The molecule has 1 aromatic heterocycles. The maximum absolute atomic E-state index is 14.0. The zero-order valence-electron chi connectivity index (χ0n) is 17.5. The number of hydrogen-bond acceptors (Lipinski definition) is 5. The topological polar surface area (TPSA) is 65.0 Å². The molecule has 1 aliphatic heterocycles. The molecule has 3 rings (SSSR count). The van der Waals surface area contributed by atoms with Gasteiger partial charge < -0.3 is 24.5 Å². The number of amides is 1. The Kier molecular flexibility index (Phi) is 6.97. The van der Waals surface area contributed by atoms with Gasteiger partial charge in [0.1, 0.15) is 19.5 Å². The van der Waals surface area contributed by atoms with Gasteiger partial charge in [0.15, 0.2) is 11.4 Å². The fraction of sp³-hybridized carbons (Fsp3) is 0.571. The highest BCUT2D eigenvalue weighted by molar-refractivity contribution is 6.04. The minimum atomic E-state index is -0.404. The Morgan fingerprint density at radius 2 is 2.14 bits per heavy atom. The standard InChI is InChI=1S/C21H30FN3O4/c1-14(2)24(16-6-5-9-23-13-16)21(26)19-20(29-11-10-27-3)17-12-15(22)7-8-18(17)25(19)28-4/h7-8,12,14,16,23H,5-6,9-11,13H2,1-4H3/t16-/m1/s1. The highest BCUT2D eigenvalue weighted by Crippen LogP contribution is 2.35.